The predicted octanol–water partition coefficient (Wildman–Crippen LogP) is 2.63. The number of alkyl halides is 3. The van der Waals surface area contributed by atoms with E-state index in [0.717, 1.165) is 10.2 Å². The lowest BCUT2D eigenvalue weighted by atomic mass is 10.1. The molecule has 23 heavy (non-hydrogen) atoms. The van der Waals surface area contributed by atoms with Crippen molar-refractivity contribution >= 4 is 17.5 Å². The lowest BCUT2D eigenvalue weighted by Crippen LogP contribution is -2.28. The van der Waals surface area contributed by atoms with Crippen molar-refractivity contribution in [1.82, 2.24) is 24.9 Å². The standard InChI is InChI=1S/C13H15ClF3N5O/c1-6(8-5-21(3)19-7(8)2)18-12(23)10-9(14)11(13(15,16)17)20-22(10)4/h5-6H,1-4H3,(H,18,23). The monoisotopic (exact) mass is 349 g/mol. The van der Waals surface area contributed by atoms with Gasteiger partial charge in [0.05, 0.1) is 11.7 Å². The van der Waals surface area contributed by atoms with E-state index in [0.29, 0.717) is 5.69 Å². The van der Waals surface area contributed by atoms with Gasteiger partial charge in [-0.3, -0.25) is 14.2 Å². The van der Waals surface area contributed by atoms with E-state index in [1.54, 1.807) is 31.8 Å². The molecule has 1 N–H and O–H groups in total. The summed E-state index contributed by atoms with van der Waals surface area (Å²) in [4.78, 5) is 12.3. The number of nitrogens with one attached hydrogen (secondary N) is 1. The van der Waals surface area contributed by atoms with Crippen molar-refractivity contribution < 1.29 is 18.0 Å². The van der Waals surface area contributed by atoms with Crippen molar-refractivity contribution in [3.05, 3.63) is 33.9 Å². The number of halogens is 4. The topological polar surface area (TPSA) is 64.7 Å². The van der Waals surface area contributed by atoms with E-state index in [1.807, 2.05) is 0 Å². The maximum atomic E-state index is 12.8. The molecule has 0 spiro atoms. The summed E-state index contributed by atoms with van der Waals surface area (Å²) in [5.74, 6) is -0.740. The van der Waals surface area contributed by atoms with E-state index < -0.39 is 28.8 Å². The highest BCUT2D eigenvalue weighted by Crippen LogP contribution is 2.35. The first-order valence-corrected chi connectivity index (χ1v) is 7.00. The summed E-state index contributed by atoms with van der Waals surface area (Å²) >= 11 is 5.69. The predicted molar refractivity (Wildman–Crippen MR) is 77.0 cm³/mol. The third kappa shape index (κ3) is 3.34. The fraction of sp³-hybridized carbons (Fsp3) is 0.462. The second-order valence-electron chi connectivity index (χ2n) is 5.17. The first kappa shape index (κ1) is 17.3. The smallest absolute Gasteiger partial charge is 0.344 e. The van der Waals surface area contributed by atoms with Gasteiger partial charge in [-0.25, -0.2) is 0 Å². The Morgan fingerprint density at radius 3 is 2.39 bits per heavy atom. The van der Waals surface area contributed by atoms with Crippen molar-refractivity contribution in [3.8, 4) is 0 Å². The lowest BCUT2D eigenvalue weighted by molar-refractivity contribution is -0.141. The largest absolute Gasteiger partial charge is 0.436 e. The Morgan fingerprint density at radius 2 is 1.96 bits per heavy atom. The first-order chi connectivity index (χ1) is 10.5. The van der Waals surface area contributed by atoms with Crippen molar-refractivity contribution in [2.75, 3.05) is 0 Å². The number of aryl methyl sites for hydroxylation is 3. The van der Waals surface area contributed by atoms with E-state index in [4.69, 9.17) is 11.6 Å². The number of rotatable bonds is 3. The van der Waals surface area contributed by atoms with Gasteiger partial charge in [-0.05, 0) is 13.8 Å². The maximum Gasteiger partial charge on any atom is 0.436 e. The molecular formula is C13H15ClF3N5O. The first-order valence-electron chi connectivity index (χ1n) is 6.63. The highest BCUT2D eigenvalue weighted by Gasteiger charge is 2.39. The van der Waals surface area contributed by atoms with Crippen LogP contribution < -0.4 is 5.32 Å². The van der Waals surface area contributed by atoms with Crippen LogP contribution in [0, 0.1) is 6.92 Å². The quantitative estimate of drug-likeness (QED) is 0.926. The van der Waals surface area contributed by atoms with Crippen molar-refractivity contribution in [2.45, 2.75) is 26.1 Å². The molecule has 2 rings (SSSR count). The molecule has 0 saturated heterocycles. The second kappa shape index (κ2) is 5.88. The van der Waals surface area contributed by atoms with E-state index in [1.165, 1.54) is 7.05 Å². The number of carbonyl (C=O) groups is 1. The van der Waals surface area contributed by atoms with Gasteiger partial charge >= 0.3 is 6.18 Å². The molecule has 2 aromatic rings. The molecule has 1 unspecified atom stereocenters. The van der Waals surface area contributed by atoms with Crippen molar-refractivity contribution in [3.63, 3.8) is 0 Å². The molecular weight excluding hydrogens is 335 g/mol. The summed E-state index contributed by atoms with van der Waals surface area (Å²) in [6.07, 6.45) is -2.99. The van der Waals surface area contributed by atoms with Gasteiger partial charge < -0.3 is 5.32 Å². The maximum absolute atomic E-state index is 12.8. The number of carbonyl (C=O) groups excluding carboxylic acids is 1. The minimum absolute atomic E-state index is 0.340. The number of aromatic nitrogens is 4. The Balaban J connectivity index is 2.28. The van der Waals surface area contributed by atoms with Gasteiger partial charge in [0.2, 0.25) is 0 Å². The molecule has 0 aromatic carbocycles. The molecule has 126 valence electrons. The SMILES string of the molecule is Cc1nn(C)cc1C(C)NC(=O)c1c(Cl)c(C(F)(F)F)nn1C. The minimum atomic E-state index is -4.72. The molecule has 0 saturated carbocycles. The Kier molecular flexibility index (Phi) is 4.43. The minimum Gasteiger partial charge on any atom is -0.344 e. The van der Waals surface area contributed by atoms with Crippen molar-refractivity contribution in [1.29, 1.82) is 0 Å². The number of amides is 1. The average Bonchev–Trinajstić information content (AvgIpc) is 2.88. The molecule has 1 amide bonds. The summed E-state index contributed by atoms with van der Waals surface area (Å²) in [6, 6.07) is -0.448. The van der Waals surface area contributed by atoms with E-state index in [-0.39, 0.29) is 5.69 Å². The van der Waals surface area contributed by atoms with E-state index >= 15 is 0 Å². The van der Waals surface area contributed by atoms with Crippen molar-refractivity contribution in [2.24, 2.45) is 14.1 Å². The molecule has 0 aliphatic carbocycles. The Bertz CT molecular complexity index is 750. The third-order valence-corrected chi connectivity index (χ3v) is 3.70. The zero-order valence-electron chi connectivity index (χ0n) is 12.9. The van der Waals surface area contributed by atoms with Gasteiger partial charge in [-0.2, -0.15) is 23.4 Å². The Morgan fingerprint density at radius 1 is 1.35 bits per heavy atom. The highest BCUT2D eigenvalue weighted by molar-refractivity contribution is 6.34. The molecule has 6 nitrogen and oxygen atoms in total. The van der Waals surface area contributed by atoms with Crippen LogP contribution in [-0.2, 0) is 20.3 Å². The summed E-state index contributed by atoms with van der Waals surface area (Å²) < 4.78 is 40.8. The zero-order chi connectivity index (χ0) is 17.5. The van der Waals surface area contributed by atoms with Crippen LogP contribution in [0.15, 0.2) is 6.20 Å². The summed E-state index contributed by atoms with van der Waals surface area (Å²) in [5.41, 5.74) is -0.146. The molecule has 0 aliphatic rings. The van der Waals surface area contributed by atoms with Gasteiger partial charge in [0, 0.05) is 25.9 Å². The van der Waals surface area contributed by atoms with Gasteiger partial charge in [0.15, 0.2) is 5.69 Å². The van der Waals surface area contributed by atoms with Crippen LogP contribution in [0.3, 0.4) is 0 Å². The van der Waals surface area contributed by atoms with Gasteiger partial charge in [-0.15, -0.1) is 0 Å². The lowest BCUT2D eigenvalue weighted by Gasteiger charge is -2.13. The number of hydrogen-bond donors (Lipinski definition) is 1. The summed E-state index contributed by atoms with van der Waals surface area (Å²) in [6.45, 7) is 3.48. The summed E-state index contributed by atoms with van der Waals surface area (Å²) in [5, 5.41) is 9.34. The molecule has 1 atom stereocenters. The fourth-order valence-corrected chi connectivity index (χ4v) is 2.66. The highest BCUT2D eigenvalue weighted by atomic mass is 35.5. The van der Waals surface area contributed by atoms with Gasteiger partial charge in [-0.1, -0.05) is 11.6 Å². The van der Waals surface area contributed by atoms with E-state index in [9.17, 15) is 18.0 Å². The van der Waals surface area contributed by atoms with Crippen LogP contribution in [0.2, 0.25) is 5.02 Å². The Hall–Kier alpha value is -2.03. The Labute approximate surface area is 135 Å². The van der Waals surface area contributed by atoms with Crippen LogP contribution in [0.4, 0.5) is 13.2 Å². The second-order valence-corrected chi connectivity index (χ2v) is 5.55. The van der Waals surface area contributed by atoms with Gasteiger partial charge in [0.25, 0.3) is 5.91 Å². The molecule has 10 heteroatoms. The van der Waals surface area contributed by atoms with Crippen LogP contribution in [0.25, 0.3) is 0 Å². The molecule has 0 bridgehead atoms. The number of hydrogen-bond acceptors (Lipinski definition) is 3. The van der Waals surface area contributed by atoms with Crippen LogP contribution in [-0.4, -0.2) is 25.5 Å². The average molecular weight is 350 g/mol. The van der Waals surface area contributed by atoms with Crippen LogP contribution >= 0.6 is 11.6 Å². The molecule has 0 aliphatic heterocycles. The van der Waals surface area contributed by atoms with Crippen LogP contribution in [0.5, 0.6) is 0 Å². The van der Waals surface area contributed by atoms with Gasteiger partial charge in [0.1, 0.15) is 10.7 Å². The van der Waals surface area contributed by atoms with E-state index in [2.05, 4.69) is 15.5 Å². The molecule has 0 fully saturated rings. The normalized spacial score (nSPS) is 13.2. The number of nitrogens with zero attached hydrogens (tertiary/aromatic N) is 4. The molecule has 2 heterocycles. The third-order valence-electron chi connectivity index (χ3n) is 3.34. The molecule has 2 aromatic heterocycles. The molecule has 0 radical (unpaired) electrons. The van der Waals surface area contributed by atoms with Crippen LogP contribution in [0.1, 0.15) is 40.4 Å². The fourth-order valence-electron chi connectivity index (χ4n) is 2.31. The zero-order valence-corrected chi connectivity index (χ0v) is 13.6. The summed E-state index contributed by atoms with van der Waals surface area (Å²) in [7, 11) is 2.97.